The molecule has 1 aliphatic heterocycles. The van der Waals surface area contributed by atoms with Gasteiger partial charge in [0.15, 0.2) is 5.96 Å². The lowest BCUT2D eigenvalue weighted by Crippen LogP contribution is -2.38. The van der Waals surface area contributed by atoms with Crippen LogP contribution in [0.25, 0.3) is 0 Å². The van der Waals surface area contributed by atoms with E-state index in [0.717, 1.165) is 36.2 Å². The number of aryl methyl sites for hydroxylation is 2. The first kappa shape index (κ1) is 18.9. The molecule has 1 fully saturated rings. The summed E-state index contributed by atoms with van der Waals surface area (Å²) in [6.45, 7) is 6.33. The zero-order valence-corrected chi connectivity index (χ0v) is 17.0. The summed E-state index contributed by atoms with van der Waals surface area (Å²) in [4.78, 5) is 4.69. The van der Waals surface area contributed by atoms with E-state index >= 15 is 0 Å². The fraction of sp³-hybridized carbons (Fsp3) is 0.381. The molecular formula is C21H26BrN3O. The number of rotatable bonds is 4. The van der Waals surface area contributed by atoms with Crippen LogP contribution in [-0.4, -0.2) is 25.7 Å². The minimum absolute atomic E-state index is 0.0201. The lowest BCUT2D eigenvalue weighted by Gasteiger charge is -2.36. The lowest BCUT2D eigenvalue weighted by molar-refractivity contribution is 0.0531. The minimum atomic E-state index is -0.0201. The van der Waals surface area contributed by atoms with Gasteiger partial charge in [0.05, 0.1) is 6.54 Å². The number of nitrogens with zero attached hydrogens (tertiary/aromatic N) is 1. The maximum Gasteiger partial charge on any atom is 0.193 e. The van der Waals surface area contributed by atoms with E-state index in [9.17, 15) is 0 Å². The van der Waals surface area contributed by atoms with Crippen molar-refractivity contribution in [2.45, 2.75) is 32.1 Å². The molecule has 4 nitrogen and oxygen atoms in total. The smallest absolute Gasteiger partial charge is 0.193 e. The number of guanidine groups is 1. The van der Waals surface area contributed by atoms with Gasteiger partial charge in [-0.2, -0.15) is 0 Å². The van der Waals surface area contributed by atoms with Crippen LogP contribution >= 0.6 is 15.9 Å². The Hall–Kier alpha value is -1.85. The molecule has 0 radical (unpaired) electrons. The van der Waals surface area contributed by atoms with Gasteiger partial charge in [-0.1, -0.05) is 34.1 Å². The molecule has 0 bridgehead atoms. The lowest BCUT2D eigenvalue weighted by atomic mass is 9.74. The van der Waals surface area contributed by atoms with E-state index in [1.807, 2.05) is 0 Å². The van der Waals surface area contributed by atoms with Gasteiger partial charge in [-0.25, -0.2) is 0 Å². The summed E-state index contributed by atoms with van der Waals surface area (Å²) in [6, 6.07) is 14.8. The van der Waals surface area contributed by atoms with E-state index in [4.69, 9.17) is 10.5 Å². The van der Waals surface area contributed by atoms with Gasteiger partial charge < -0.3 is 15.8 Å². The summed E-state index contributed by atoms with van der Waals surface area (Å²) in [7, 11) is 0. The Balaban J connectivity index is 1.78. The van der Waals surface area contributed by atoms with E-state index in [2.05, 4.69) is 82.6 Å². The fourth-order valence-electron chi connectivity index (χ4n) is 3.57. The third-order valence-corrected chi connectivity index (χ3v) is 5.48. The van der Waals surface area contributed by atoms with Crippen LogP contribution in [0.2, 0.25) is 0 Å². The van der Waals surface area contributed by atoms with Crippen LogP contribution in [-0.2, 0) is 10.2 Å². The third kappa shape index (κ3) is 4.65. The molecule has 3 N–H and O–H groups in total. The summed E-state index contributed by atoms with van der Waals surface area (Å²) in [5.41, 5.74) is 10.9. The van der Waals surface area contributed by atoms with Gasteiger partial charge in [-0.05, 0) is 67.6 Å². The van der Waals surface area contributed by atoms with Crippen molar-refractivity contribution in [3.05, 3.63) is 63.6 Å². The first-order chi connectivity index (χ1) is 12.5. The van der Waals surface area contributed by atoms with Crippen LogP contribution in [0.15, 0.2) is 51.9 Å². The number of aliphatic imine (C=N–C) groups is 1. The Morgan fingerprint density at radius 3 is 2.35 bits per heavy atom. The molecule has 0 spiro atoms. The van der Waals surface area contributed by atoms with Crippen LogP contribution < -0.4 is 11.1 Å². The normalized spacial score (nSPS) is 17.1. The van der Waals surface area contributed by atoms with Crippen molar-refractivity contribution in [1.82, 2.24) is 0 Å². The molecule has 0 aromatic heterocycles. The standard InChI is InChI=1S/C21H26BrN3O/c1-15-11-16(2)13-19(12-15)25-20(23)24-14-21(7-9-26-10-8-21)17-3-5-18(22)6-4-17/h3-6,11-13H,7-10,14H2,1-2H3,(H3,23,24,25). The molecule has 0 aliphatic carbocycles. The first-order valence-electron chi connectivity index (χ1n) is 8.96. The summed E-state index contributed by atoms with van der Waals surface area (Å²) < 4.78 is 6.68. The highest BCUT2D eigenvalue weighted by Gasteiger charge is 2.34. The van der Waals surface area contributed by atoms with Crippen molar-refractivity contribution >= 4 is 27.6 Å². The highest BCUT2D eigenvalue weighted by Crippen LogP contribution is 2.35. The van der Waals surface area contributed by atoms with Gasteiger partial charge in [0.25, 0.3) is 0 Å². The van der Waals surface area contributed by atoms with Gasteiger partial charge in [0, 0.05) is 28.8 Å². The largest absolute Gasteiger partial charge is 0.381 e. The Labute approximate surface area is 164 Å². The van der Waals surface area contributed by atoms with Gasteiger partial charge in [-0.3, -0.25) is 4.99 Å². The molecule has 2 aromatic carbocycles. The summed E-state index contributed by atoms with van der Waals surface area (Å²) in [5, 5.41) is 3.23. The zero-order valence-electron chi connectivity index (χ0n) is 15.4. The number of ether oxygens (including phenoxy) is 1. The topological polar surface area (TPSA) is 59.6 Å². The zero-order chi connectivity index (χ0) is 18.6. The number of benzene rings is 2. The Morgan fingerprint density at radius 2 is 1.73 bits per heavy atom. The van der Waals surface area contributed by atoms with Crippen molar-refractivity contribution in [2.75, 3.05) is 25.1 Å². The molecule has 0 amide bonds. The molecule has 5 heteroatoms. The molecule has 26 heavy (non-hydrogen) atoms. The molecule has 2 aromatic rings. The van der Waals surface area contributed by atoms with Gasteiger partial charge >= 0.3 is 0 Å². The van der Waals surface area contributed by atoms with E-state index in [0.29, 0.717) is 12.5 Å². The van der Waals surface area contributed by atoms with E-state index in [-0.39, 0.29) is 5.41 Å². The number of nitrogens with one attached hydrogen (secondary N) is 1. The molecule has 3 rings (SSSR count). The minimum Gasteiger partial charge on any atom is -0.381 e. The van der Waals surface area contributed by atoms with E-state index in [1.165, 1.54) is 16.7 Å². The maximum absolute atomic E-state index is 6.18. The summed E-state index contributed by atoms with van der Waals surface area (Å²) in [6.07, 6.45) is 1.91. The van der Waals surface area contributed by atoms with Crippen LogP contribution in [0.5, 0.6) is 0 Å². The summed E-state index contributed by atoms with van der Waals surface area (Å²) >= 11 is 3.52. The number of nitrogens with two attached hydrogens (primary N) is 1. The Kier molecular flexibility index (Phi) is 5.99. The van der Waals surface area contributed by atoms with Crippen LogP contribution in [0.4, 0.5) is 5.69 Å². The number of halogens is 1. The van der Waals surface area contributed by atoms with Gasteiger partial charge in [0.2, 0.25) is 0 Å². The second kappa shape index (κ2) is 8.23. The van der Waals surface area contributed by atoms with Crippen LogP contribution in [0.3, 0.4) is 0 Å². The van der Waals surface area contributed by atoms with Gasteiger partial charge in [0.1, 0.15) is 0 Å². The first-order valence-corrected chi connectivity index (χ1v) is 9.75. The molecule has 0 atom stereocenters. The van der Waals surface area contributed by atoms with E-state index < -0.39 is 0 Å². The highest BCUT2D eigenvalue weighted by molar-refractivity contribution is 9.10. The van der Waals surface area contributed by atoms with Crippen molar-refractivity contribution in [1.29, 1.82) is 0 Å². The summed E-state index contributed by atoms with van der Waals surface area (Å²) in [5.74, 6) is 0.456. The van der Waals surface area contributed by atoms with Crippen molar-refractivity contribution in [3.63, 3.8) is 0 Å². The SMILES string of the molecule is Cc1cc(C)cc(NC(N)=NCC2(c3ccc(Br)cc3)CCOCC2)c1. The average Bonchev–Trinajstić information content (AvgIpc) is 2.60. The molecule has 138 valence electrons. The average molecular weight is 416 g/mol. The monoisotopic (exact) mass is 415 g/mol. The Bertz CT molecular complexity index is 760. The number of anilines is 1. The molecule has 1 saturated heterocycles. The van der Waals surface area contributed by atoms with Crippen molar-refractivity contribution in [2.24, 2.45) is 10.7 Å². The molecule has 1 heterocycles. The Morgan fingerprint density at radius 1 is 1.12 bits per heavy atom. The van der Waals surface area contributed by atoms with Gasteiger partial charge in [-0.15, -0.1) is 0 Å². The number of hydrogen-bond acceptors (Lipinski definition) is 2. The highest BCUT2D eigenvalue weighted by atomic mass is 79.9. The van der Waals surface area contributed by atoms with Crippen LogP contribution in [0.1, 0.15) is 29.5 Å². The van der Waals surface area contributed by atoms with Crippen molar-refractivity contribution < 1.29 is 4.74 Å². The third-order valence-electron chi connectivity index (χ3n) is 4.95. The predicted molar refractivity (Wildman–Crippen MR) is 112 cm³/mol. The van der Waals surface area contributed by atoms with E-state index in [1.54, 1.807) is 0 Å². The number of hydrogen-bond donors (Lipinski definition) is 2. The maximum atomic E-state index is 6.18. The quantitative estimate of drug-likeness (QED) is 0.568. The molecule has 0 unspecified atom stereocenters. The van der Waals surface area contributed by atoms with Crippen molar-refractivity contribution in [3.8, 4) is 0 Å². The van der Waals surface area contributed by atoms with Crippen LogP contribution in [0, 0.1) is 13.8 Å². The fourth-order valence-corrected chi connectivity index (χ4v) is 3.84. The molecular weight excluding hydrogens is 390 g/mol. The molecule has 0 saturated carbocycles. The predicted octanol–water partition coefficient (Wildman–Crippen LogP) is 4.54. The second-order valence-electron chi connectivity index (χ2n) is 7.10. The second-order valence-corrected chi connectivity index (χ2v) is 8.02. The molecule has 1 aliphatic rings.